The second kappa shape index (κ2) is 5.84. The maximum absolute atomic E-state index is 12.6. The summed E-state index contributed by atoms with van der Waals surface area (Å²) in [6.07, 6.45) is 4.72. The van der Waals surface area contributed by atoms with E-state index in [1.165, 1.54) is 4.57 Å². The van der Waals surface area contributed by atoms with E-state index in [-0.39, 0.29) is 5.56 Å². The SMILES string of the molecule is Cc1c(-c2ncccn2)cn(-c2ccccc2)c(=O)c1C(=O)O. The molecule has 0 aliphatic carbocycles. The predicted octanol–water partition coefficient (Wildman–Crippen LogP) is 2.30. The molecule has 0 aliphatic heterocycles. The Hall–Kier alpha value is -3.28. The topological polar surface area (TPSA) is 85.1 Å². The van der Waals surface area contributed by atoms with Gasteiger partial charge in [-0.05, 0) is 30.7 Å². The van der Waals surface area contributed by atoms with Gasteiger partial charge in [-0.15, -0.1) is 0 Å². The molecule has 3 aromatic rings. The lowest BCUT2D eigenvalue weighted by Gasteiger charge is -2.13. The second-order valence-corrected chi connectivity index (χ2v) is 4.93. The Morgan fingerprint density at radius 1 is 1.09 bits per heavy atom. The van der Waals surface area contributed by atoms with E-state index in [2.05, 4.69) is 9.97 Å². The minimum Gasteiger partial charge on any atom is -0.477 e. The van der Waals surface area contributed by atoms with Crippen LogP contribution in [0.25, 0.3) is 17.1 Å². The molecule has 2 heterocycles. The smallest absolute Gasteiger partial charge is 0.341 e. The number of para-hydroxylation sites is 1. The van der Waals surface area contributed by atoms with E-state index in [0.29, 0.717) is 22.6 Å². The summed E-state index contributed by atoms with van der Waals surface area (Å²) in [5.74, 6) is -0.896. The summed E-state index contributed by atoms with van der Waals surface area (Å²) in [6.45, 7) is 1.59. The average Bonchev–Trinajstić information content (AvgIpc) is 2.56. The molecule has 0 saturated carbocycles. The fourth-order valence-electron chi connectivity index (χ4n) is 2.40. The van der Waals surface area contributed by atoms with Crippen LogP contribution in [0.15, 0.2) is 59.8 Å². The van der Waals surface area contributed by atoms with E-state index in [9.17, 15) is 14.7 Å². The molecule has 0 spiro atoms. The highest BCUT2D eigenvalue weighted by Crippen LogP contribution is 2.21. The van der Waals surface area contributed by atoms with Crippen molar-refractivity contribution >= 4 is 5.97 Å². The number of carboxylic acids is 1. The van der Waals surface area contributed by atoms with Crippen molar-refractivity contribution in [3.8, 4) is 17.1 Å². The van der Waals surface area contributed by atoms with Crippen LogP contribution in [0.3, 0.4) is 0 Å². The number of benzene rings is 1. The molecule has 0 atom stereocenters. The maximum Gasteiger partial charge on any atom is 0.341 e. The summed E-state index contributed by atoms with van der Waals surface area (Å²) >= 11 is 0. The molecule has 0 unspecified atom stereocenters. The van der Waals surface area contributed by atoms with Gasteiger partial charge in [0.2, 0.25) is 0 Å². The molecule has 1 aromatic carbocycles. The number of hydrogen-bond donors (Lipinski definition) is 1. The molecule has 0 radical (unpaired) electrons. The summed E-state index contributed by atoms with van der Waals surface area (Å²) < 4.78 is 1.31. The Bertz CT molecular complexity index is 919. The van der Waals surface area contributed by atoms with Gasteiger partial charge in [-0.2, -0.15) is 0 Å². The molecule has 0 fully saturated rings. The van der Waals surface area contributed by atoms with Crippen LogP contribution in [0.2, 0.25) is 0 Å². The third-order valence-corrected chi connectivity index (χ3v) is 3.52. The number of carboxylic acid groups (broad SMARTS) is 1. The van der Waals surface area contributed by atoms with Gasteiger partial charge >= 0.3 is 5.97 Å². The molecule has 0 aliphatic rings. The van der Waals surface area contributed by atoms with E-state index in [0.717, 1.165) is 0 Å². The van der Waals surface area contributed by atoms with E-state index in [1.54, 1.807) is 55.8 Å². The lowest BCUT2D eigenvalue weighted by atomic mass is 10.0. The maximum atomic E-state index is 12.6. The van der Waals surface area contributed by atoms with Crippen LogP contribution in [-0.4, -0.2) is 25.6 Å². The lowest BCUT2D eigenvalue weighted by Crippen LogP contribution is -2.27. The van der Waals surface area contributed by atoms with Crippen LogP contribution < -0.4 is 5.56 Å². The summed E-state index contributed by atoms with van der Waals surface area (Å²) in [6, 6.07) is 10.5. The predicted molar refractivity (Wildman–Crippen MR) is 84.8 cm³/mol. The summed E-state index contributed by atoms with van der Waals surface area (Å²) in [4.78, 5) is 32.4. The first kappa shape index (κ1) is 14.6. The van der Waals surface area contributed by atoms with Crippen LogP contribution in [-0.2, 0) is 0 Å². The Morgan fingerprint density at radius 3 is 2.35 bits per heavy atom. The minimum atomic E-state index is -1.27. The van der Waals surface area contributed by atoms with Crippen LogP contribution in [0.1, 0.15) is 15.9 Å². The van der Waals surface area contributed by atoms with Gasteiger partial charge in [0, 0.05) is 29.8 Å². The summed E-state index contributed by atoms with van der Waals surface area (Å²) in [5.41, 5.74) is 0.573. The molecule has 0 bridgehead atoms. The van der Waals surface area contributed by atoms with Gasteiger partial charge in [0.15, 0.2) is 5.82 Å². The zero-order valence-electron chi connectivity index (χ0n) is 12.3. The van der Waals surface area contributed by atoms with Crippen LogP contribution in [0.4, 0.5) is 0 Å². The van der Waals surface area contributed by atoms with Crippen LogP contribution in [0.5, 0.6) is 0 Å². The lowest BCUT2D eigenvalue weighted by molar-refractivity contribution is 0.0694. The molecule has 114 valence electrons. The number of rotatable bonds is 3. The molecule has 3 rings (SSSR count). The van der Waals surface area contributed by atoms with Crippen molar-refractivity contribution in [2.45, 2.75) is 6.92 Å². The summed E-state index contributed by atoms with van der Waals surface area (Å²) in [7, 11) is 0. The van der Waals surface area contributed by atoms with Crippen LogP contribution >= 0.6 is 0 Å². The van der Waals surface area contributed by atoms with Gasteiger partial charge in [-0.25, -0.2) is 14.8 Å². The van der Waals surface area contributed by atoms with Crippen molar-refractivity contribution in [2.75, 3.05) is 0 Å². The highest BCUT2D eigenvalue weighted by Gasteiger charge is 2.20. The van der Waals surface area contributed by atoms with Crippen molar-refractivity contribution in [3.63, 3.8) is 0 Å². The first-order valence-corrected chi connectivity index (χ1v) is 6.92. The quantitative estimate of drug-likeness (QED) is 0.802. The molecule has 1 N–H and O–H groups in total. The molecule has 0 saturated heterocycles. The van der Waals surface area contributed by atoms with Crippen molar-refractivity contribution in [1.82, 2.24) is 14.5 Å². The molecular formula is C17H13N3O3. The fraction of sp³-hybridized carbons (Fsp3) is 0.0588. The molecule has 2 aromatic heterocycles. The Labute approximate surface area is 131 Å². The Morgan fingerprint density at radius 2 is 1.74 bits per heavy atom. The molecule has 6 heteroatoms. The molecule has 6 nitrogen and oxygen atoms in total. The molecule has 0 amide bonds. The van der Waals surface area contributed by atoms with Crippen molar-refractivity contribution in [2.24, 2.45) is 0 Å². The monoisotopic (exact) mass is 307 g/mol. The zero-order valence-corrected chi connectivity index (χ0v) is 12.3. The van der Waals surface area contributed by atoms with E-state index in [4.69, 9.17) is 0 Å². The third kappa shape index (κ3) is 2.62. The van der Waals surface area contributed by atoms with Crippen molar-refractivity contribution in [3.05, 3.63) is 76.5 Å². The average molecular weight is 307 g/mol. The van der Waals surface area contributed by atoms with E-state index < -0.39 is 11.5 Å². The van der Waals surface area contributed by atoms with Crippen molar-refractivity contribution < 1.29 is 9.90 Å². The first-order valence-electron chi connectivity index (χ1n) is 6.92. The van der Waals surface area contributed by atoms with Crippen molar-refractivity contribution in [1.29, 1.82) is 0 Å². The summed E-state index contributed by atoms with van der Waals surface area (Å²) in [5, 5.41) is 9.44. The van der Waals surface area contributed by atoms with Gasteiger partial charge in [-0.1, -0.05) is 18.2 Å². The second-order valence-electron chi connectivity index (χ2n) is 4.93. The van der Waals surface area contributed by atoms with Gasteiger partial charge in [0.25, 0.3) is 5.56 Å². The number of hydrogen-bond acceptors (Lipinski definition) is 4. The largest absolute Gasteiger partial charge is 0.477 e. The Balaban J connectivity index is 2.36. The number of pyridine rings is 1. The number of carbonyl (C=O) groups is 1. The highest BCUT2D eigenvalue weighted by molar-refractivity contribution is 5.91. The zero-order chi connectivity index (χ0) is 16.4. The molecule has 23 heavy (non-hydrogen) atoms. The number of aromatic carboxylic acids is 1. The number of nitrogens with zero attached hydrogens (tertiary/aromatic N) is 3. The first-order chi connectivity index (χ1) is 11.1. The Kier molecular flexibility index (Phi) is 3.72. The van der Waals surface area contributed by atoms with Gasteiger partial charge < -0.3 is 5.11 Å². The highest BCUT2D eigenvalue weighted by atomic mass is 16.4. The standard InChI is InChI=1S/C17H13N3O3/c1-11-13(15-18-8-5-9-19-15)10-20(12-6-3-2-4-7-12)16(21)14(11)17(22)23/h2-10H,1H3,(H,22,23). The fourth-order valence-corrected chi connectivity index (χ4v) is 2.40. The van der Waals surface area contributed by atoms with E-state index in [1.807, 2.05) is 6.07 Å². The van der Waals surface area contributed by atoms with Gasteiger partial charge in [0.05, 0.1) is 0 Å². The normalized spacial score (nSPS) is 10.5. The van der Waals surface area contributed by atoms with E-state index >= 15 is 0 Å². The third-order valence-electron chi connectivity index (χ3n) is 3.52. The van der Waals surface area contributed by atoms with Crippen LogP contribution in [0, 0.1) is 6.92 Å². The molecular weight excluding hydrogens is 294 g/mol. The van der Waals surface area contributed by atoms with Gasteiger partial charge in [0.1, 0.15) is 5.56 Å². The van der Waals surface area contributed by atoms with Gasteiger partial charge in [-0.3, -0.25) is 9.36 Å². The number of aromatic nitrogens is 3. The minimum absolute atomic E-state index is 0.279.